The molecule has 0 spiro atoms. The molecule has 1 aliphatic heterocycles. The Hall–Kier alpha value is -2.01. The Bertz CT molecular complexity index is 698. The molecular weight excluding hydrogens is 295 g/mol. The van der Waals surface area contributed by atoms with Crippen LogP contribution in [-0.2, 0) is 4.74 Å². The molecule has 1 aromatic carbocycles. The molecule has 4 nitrogen and oxygen atoms in total. The summed E-state index contributed by atoms with van der Waals surface area (Å²) in [6.07, 6.45) is 4.45. The molecule has 1 fully saturated rings. The molecule has 0 aliphatic carbocycles. The fourth-order valence-electron chi connectivity index (χ4n) is 2.96. The first kappa shape index (κ1) is 15.9. The van der Waals surface area contributed by atoms with Crippen LogP contribution in [0.3, 0.4) is 0 Å². The molecule has 23 heavy (non-hydrogen) atoms. The van der Waals surface area contributed by atoms with Crippen LogP contribution >= 0.6 is 0 Å². The summed E-state index contributed by atoms with van der Waals surface area (Å²) in [5, 5.41) is 0.697. The van der Waals surface area contributed by atoms with Crippen molar-refractivity contribution >= 4 is 16.8 Å². The molecule has 1 aromatic heterocycles. The normalized spacial score (nSPS) is 17.6. The van der Waals surface area contributed by atoms with Crippen LogP contribution < -0.4 is 0 Å². The minimum Gasteiger partial charge on any atom is -0.378 e. The van der Waals surface area contributed by atoms with Gasteiger partial charge in [-0.3, -0.25) is 4.79 Å². The zero-order valence-electron chi connectivity index (χ0n) is 13.3. The van der Waals surface area contributed by atoms with Gasteiger partial charge in [-0.05, 0) is 37.8 Å². The van der Waals surface area contributed by atoms with Gasteiger partial charge in [-0.15, -0.1) is 0 Å². The maximum absolute atomic E-state index is 13.8. The Morgan fingerprint density at radius 3 is 3.04 bits per heavy atom. The number of hydrogen-bond donors (Lipinski definition) is 0. The second-order valence-corrected chi connectivity index (χ2v) is 6.01. The lowest BCUT2D eigenvalue weighted by molar-refractivity contribution is 0.0758. The highest BCUT2D eigenvalue weighted by Gasteiger charge is 2.17. The molecule has 0 radical (unpaired) electrons. The highest BCUT2D eigenvalue weighted by Crippen LogP contribution is 2.18. The summed E-state index contributed by atoms with van der Waals surface area (Å²) in [6.45, 7) is 1.50. The van der Waals surface area contributed by atoms with Crippen molar-refractivity contribution in [2.45, 2.75) is 31.8 Å². The van der Waals surface area contributed by atoms with Gasteiger partial charge in [0.05, 0.1) is 6.10 Å². The lowest BCUT2D eigenvalue weighted by atomic mass is 10.1. The predicted molar refractivity (Wildman–Crippen MR) is 86.9 cm³/mol. The molecule has 3 rings (SSSR count). The Kier molecular flexibility index (Phi) is 4.86. The number of carbonyl (C=O) groups excluding carboxylic acids is 1. The molecule has 5 heteroatoms. The first-order valence-electron chi connectivity index (χ1n) is 8.07. The molecule has 1 atom stereocenters. The van der Waals surface area contributed by atoms with E-state index in [0.29, 0.717) is 18.0 Å². The number of fused-ring (bicyclic) bond motifs is 1. The SMILES string of the molecule is CN(CCC[C@H]1CCCO1)C(=O)c1ccc2cccc(F)c2n1. The van der Waals surface area contributed by atoms with Crippen molar-refractivity contribution in [1.29, 1.82) is 0 Å². The van der Waals surface area contributed by atoms with E-state index in [-0.39, 0.29) is 17.1 Å². The van der Waals surface area contributed by atoms with E-state index in [0.717, 1.165) is 32.3 Å². The van der Waals surface area contributed by atoms with Gasteiger partial charge >= 0.3 is 0 Å². The van der Waals surface area contributed by atoms with Crippen LogP contribution in [0.1, 0.15) is 36.2 Å². The summed E-state index contributed by atoms with van der Waals surface area (Å²) in [5.74, 6) is -0.583. The number of rotatable bonds is 5. The number of amides is 1. The van der Waals surface area contributed by atoms with Gasteiger partial charge in [-0.2, -0.15) is 0 Å². The van der Waals surface area contributed by atoms with Gasteiger partial charge in [0, 0.05) is 25.6 Å². The number of carbonyl (C=O) groups is 1. The molecular formula is C18H21FN2O2. The third-order valence-electron chi connectivity index (χ3n) is 4.28. The minimum absolute atomic E-state index is 0.178. The van der Waals surface area contributed by atoms with E-state index in [1.807, 2.05) is 0 Å². The van der Waals surface area contributed by atoms with Crippen LogP contribution in [0.15, 0.2) is 30.3 Å². The van der Waals surface area contributed by atoms with Gasteiger partial charge in [-0.25, -0.2) is 9.37 Å². The molecule has 1 saturated heterocycles. The van der Waals surface area contributed by atoms with E-state index in [9.17, 15) is 9.18 Å². The average molecular weight is 316 g/mol. The van der Waals surface area contributed by atoms with Crippen LogP contribution in [0.2, 0.25) is 0 Å². The number of hydrogen-bond acceptors (Lipinski definition) is 3. The lowest BCUT2D eigenvalue weighted by Gasteiger charge is -2.18. The number of para-hydroxylation sites is 1. The van der Waals surface area contributed by atoms with E-state index in [4.69, 9.17) is 4.74 Å². The molecule has 0 unspecified atom stereocenters. The van der Waals surface area contributed by atoms with E-state index in [1.54, 1.807) is 36.2 Å². The van der Waals surface area contributed by atoms with E-state index < -0.39 is 5.82 Å². The number of aromatic nitrogens is 1. The predicted octanol–water partition coefficient (Wildman–Crippen LogP) is 3.41. The molecule has 2 aromatic rings. The highest BCUT2D eigenvalue weighted by molar-refractivity contribution is 5.94. The standard InChI is InChI=1S/C18H21FN2O2/c1-21(11-3-6-14-7-4-12-23-14)18(22)16-10-9-13-5-2-8-15(19)17(13)20-16/h2,5,8-10,14H,3-4,6-7,11-12H2,1H3/t14-/m0/s1. The van der Waals surface area contributed by atoms with Gasteiger partial charge < -0.3 is 9.64 Å². The van der Waals surface area contributed by atoms with Crippen molar-refractivity contribution in [2.24, 2.45) is 0 Å². The molecule has 1 amide bonds. The first-order chi connectivity index (χ1) is 11.1. The number of benzene rings is 1. The number of pyridine rings is 1. The van der Waals surface area contributed by atoms with Crippen LogP contribution in [0.5, 0.6) is 0 Å². The van der Waals surface area contributed by atoms with Crippen molar-refractivity contribution in [3.8, 4) is 0 Å². The van der Waals surface area contributed by atoms with E-state index in [1.165, 1.54) is 6.07 Å². The molecule has 122 valence electrons. The monoisotopic (exact) mass is 316 g/mol. The smallest absolute Gasteiger partial charge is 0.272 e. The maximum atomic E-state index is 13.8. The summed E-state index contributed by atoms with van der Waals surface area (Å²) in [5.41, 5.74) is 0.522. The average Bonchev–Trinajstić information content (AvgIpc) is 3.07. The number of nitrogens with zero attached hydrogens (tertiary/aromatic N) is 2. The molecule has 0 saturated carbocycles. The van der Waals surface area contributed by atoms with Crippen molar-refractivity contribution in [3.05, 3.63) is 41.8 Å². The van der Waals surface area contributed by atoms with E-state index in [2.05, 4.69) is 4.98 Å². The van der Waals surface area contributed by atoms with Gasteiger partial charge in [-0.1, -0.05) is 18.2 Å². The summed E-state index contributed by atoms with van der Waals surface area (Å²) in [6, 6.07) is 8.16. The number of ether oxygens (including phenoxy) is 1. The summed E-state index contributed by atoms with van der Waals surface area (Å²) < 4.78 is 19.4. The van der Waals surface area contributed by atoms with Crippen molar-refractivity contribution < 1.29 is 13.9 Å². The Morgan fingerprint density at radius 2 is 2.26 bits per heavy atom. The Morgan fingerprint density at radius 1 is 1.39 bits per heavy atom. The van der Waals surface area contributed by atoms with Crippen LogP contribution in [0.4, 0.5) is 4.39 Å². The molecule has 1 aliphatic rings. The number of halogens is 1. The quantitative estimate of drug-likeness (QED) is 0.849. The Balaban J connectivity index is 1.63. The van der Waals surface area contributed by atoms with Crippen LogP contribution in [0.25, 0.3) is 10.9 Å². The van der Waals surface area contributed by atoms with Gasteiger partial charge in [0.15, 0.2) is 0 Å². The second-order valence-electron chi connectivity index (χ2n) is 6.01. The van der Waals surface area contributed by atoms with Crippen molar-refractivity contribution in [3.63, 3.8) is 0 Å². The van der Waals surface area contributed by atoms with E-state index >= 15 is 0 Å². The lowest BCUT2D eigenvalue weighted by Crippen LogP contribution is -2.29. The van der Waals surface area contributed by atoms with Gasteiger partial charge in [0.2, 0.25) is 0 Å². The first-order valence-corrected chi connectivity index (χ1v) is 8.07. The third-order valence-corrected chi connectivity index (χ3v) is 4.28. The van der Waals surface area contributed by atoms with Gasteiger partial charge in [0.1, 0.15) is 17.0 Å². The molecule has 0 bridgehead atoms. The molecule has 0 N–H and O–H groups in total. The fourth-order valence-corrected chi connectivity index (χ4v) is 2.96. The maximum Gasteiger partial charge on any atom is 0.272 e. The summed E-state index contributed by atoms with van der Waals surface area (Å²) in [4.78, 5) is 18.3. The second kappa shape index (κ2) is 7.04. The largest absolute Gasteiger partial charge is 0.378 e. The summed E-state index contributed by atoms with van der Waals surface area (Å²) in [7, 11) is 1.76. The highest BCUT2D eigenvalue weighted by atomic mass is 19.1. The third kappa shape index (κ3) is 3.67. The molecule has 2 heterocycles. The topological polar surface area (TPSA) is 42.4 Å². The van der Waals surface area contributed by atoms with Crippen molar-refractivity contribution in [2.75, 3.05) is 20.2 Å². The zero-order chi connectivity index (χ0) is 16.2. The summed E-state index contributed by atoms with van der Waals surface area (Å²) >= 11 is 0. The fraction of sp³-hybridized carbons (Fsp3) is 0.444. The van der Waals surface area contributed by atoms with Crippen LogP contribution in [0, 0.1) is 5.82 Å². The zero-order valence-corrected chi connectivity index (χ0v) is 13.3. The van der Waals surface area contributed by atoms with Crippen molar-refractivity contribution in [1.82, 2.24) is 9.88 Å². The van der Waals surface area contributed by atoms with Gasteiger partial charge in [0.25, 0.3) is 5.91 Å². The minimum atomic E-state index is -0.404. The Labute approximate surface area is 135 Å². The van der Waals surface area contributed by atoms with Crippen LogP contribution in [-0.4, -0.2) is 42.1 Å².